The summed E-state index contributed by atoms with van der Waals surface area (Å²) in [6.07, 6.45) is 8.24. The van der Waals surface area contributed by atoms with Crippen LogP contribution in [-0.2, 0) is 6.42 Å². The van der Waals surface area contributed by atoms with Gasteiger partial charge in [-0.2, -0.15) is 0 Å². The highest BCUT2D eigenvalue weighted by Gasteiger charge is 2.09. The standard InChI is InChI=1S/C15H19N3/c1-2-3-4-7-12-8-5-10-17-14(12)15-13(16)9-6-11-18-15/h5-6,8-11H,2-4,7,16H2,1H3. The minimum absolute atomic E-state index is 0.688. The molecule has 0 saturated carbocycles. The summed E-state index contributed by atoms with van der Waals surface area (Å²) in [5, 5.41) is 0. The zero-order valence-electron chi connectivity index (χ0n) is 10.8. The highest BCUT2D eigenvalue weighted by Crippen LogP contribution is 2.25. The Bertz CT molecular complexity index is 509. The van der Waals surface area contributed by atoms with Gasteiger partial charge in [-0.1, -0.05) is 25.8 Å². The zero-order valence-corrected chi connectivity index (χ0v) is 10.8. The Morgan fingerprint density at radius 1 is 1.00 bits per heavy atom. The Balaban J connectivity index is 2.30. The van der Waals surface area contributed by atoms with E-state index in [0.717, 1.165) is 17.8 Å². The van der Waals surface area contributed by atoms with Crippen LogP contribution < -0.4 is 5.73 Å². The molecule has 2 rings (SSSR count). The van der Waals surface area contributed by atoms with Crippen molar-refractivity contribution in [2.75, 3.05) is 5.73 Å². The topological polar surface area (TPSA) is 51.8 Å². The fourth-order valence-corrected chi connectivity index (χ4v) is 2.03. The van der Waals surface area contributed by atoms with Gasteiger partial charge in [-0.3, -0.25) is 9.97 Å². The monoisotopic (exact) mass is 241 g/mol. The van der Waals surface area contributed by atoms with Crippen molar-refractivity contribution < 1.29 is 0 Å². The van der Waals surface area contributed by atoms with Gasteiger partial charge in [0.2, 0.25) is 0 Å². The van der Waals surface area contributed by atoms with Crippen molar-refractivity contribution in [3.63, 3.8) is 0 Å². The summed E-state index contributed by atoms with van der Waals surface area (Å²) >= 11 is 0. The third-order valence-electron chi connectivity index (χ3n) is 3.00. The molecule has 0 aliphatic heterocycles. The molecule has 2 aromatic rings. The first-order valence-electron chi connectivity index (χ1n) is 6.47. The number of aromatic nitrogens is 2. The molecule has 2 heterocycles. The van der Waals surface area contributed by atoms with E-state index < -0.39 is 0 Å². The Morgan fingerprint density at radius 2 is 1.72 bits per heavy atom. The van der Waals surface area contributed by atoms with E-state index >= 15 is 0 Å². The fourth-order valence-electron chi connectivity index (χ4n) is 2.03. The number of aryl methyl sites for hydroxylation is 1. The summed E-state index contributed by atoms with van der Waals surface area (Å²) in [6.45, 7) is 2.21. The van der Waals surface area contributed by atoms with E-state index in [0.29, 0.717) is 5.69 Å². The molecule has 3 nitrogen and oxygen atoms in total. The second-order valence-electron chi connectivity index (χ2n) is 4.41. The number of nitrogens with zero attached hydrogens (tertiary/aromatic N) is 2. The Labute approximate surface area is 108 Å². The largest absolute Gasteiger partial charge is 0.397 e. The van der Waals surface area contributed by atoms with Crippen LogP contribution in [0.25, 0.3) is 11.4 Å². The Hall–Kier alpha value is -1.90. The average molecular weight is 241 g/mol. The first kappa shape index (κ1) is 12.6. The van der Waals surface area contributed by atoms with Gasteiger partial charge in [0.25, 0.3) is 0 Å². The number of nitrogen functional groups attached to an aromatic ring is 1. The van der Waals surface area contributed by atoms with E-state index in [2.05, 4.69) is 23.0 Å². The van der Waals surface area contributed by atoms with Crippen molar-refractivity contribution in [1.82, 2.24) is 9.97 Å². The molecule has 2 aromatic heterocycles. The lowest BCUT2D eigenvalue weighted by atomic mass is 10.0. The molecule has 0 aromatic carbocycles. The van der Waals surface area contributed by atoms with Crippen molar-refractivity contribution in [3.05, 3.63) is 42.2 Å². The van der Waals surface area contributed by atoms with Gasteiger partial charge >= 0.3 is 0 Å². The number of hydrogen-bond acceptors (Lipinski definition) is 3. The number of anilines is 1. The van der Waals surface area contributed by atoms with Crippen molar-refractivity contribution in [2.45, 2.75) is 32.6 Å². The molecule has 0 fully saturated rings. The minimum atomic E-state index is 0.688. The maximum absolute atomic E-state index is 5.97. The van der Waals surface area contributed by atoms with Crippen LogP contribution >= 0.6 is 0 Å². The van der Waals surface area contributed by atoms with Gasteiger partial charge in [-0.25, -0.2) is 0 Å². The van der Waals surface area contributed by atoms with Gasteiger partial charge in [-0.05, 0) is 36.6 Å². The van der Waals surface area contributed by atoms with Gasteiger partial charge < -0.3 is 5.73 Å². The fraction of sp³-hybridized carbons (Fsp3) is 0.333. The number of hydrogen-bond donors (Lipinski definition) is 1. The molecule has 0 unspecified atom stereocenters. The molecular weight excluding hydrogens is 222 g/mol. The van der Waals surface area contributed by atoms with Crippen LogP contribution in [0.5, 0.6) is 0 Å². The summed E-state index contributed by atoms with van der Waals surface area (Å²) < 4.78 is 0. The summed E-state index contributed by atoms with van der Waals surface area (Å²) in [5.74, 6) is 0. The predicted octanol–water partition coefficient (Wildman–Crippen LogP) is 3.46. The zero-order chi connectivity index (χ0) is 12.8. The number of pyridine rings is 2. The molecule has 0 spiro atoms. The van der Waals surface area contributed by atoms with Crippen molar-refractivity contribution in [1.29, 1.82) is 0 Å². The Morgan fingerprint density at radius 3 is 2.44 bits per heavy atom. The number of unbranched alkanes of at least 4 members (excludes halogenated alkanes) is 2. The molecule has 0 amide bonds. The second-order valence-corrected chi connectivity index (χ2v) is 4.41. The predicted molar refractivity (Wildman–Crippen MR) is 75.1 cm³/mol. The van der Waals surface area contributed by atoms with E-state index in [1.54, 1.807) is 12.4 Å². The van der Waals surface area contributed by atoms with Crippen LogP contribution in [-0.4, -0.2) is 9.97 Å². The van der Waals surface area contributed by atoms with Crippen molar-refractivity contribution in [2.24, 2.45) is 0 Å². The quantitative estimate of drug-likeness (QED) is 0.815. The van der Waals surface area contributed by atoms with Crippen LogP contribution in [0.2, 0.25) is 0 Å². The second kappa shape index (κ2) is 6.15. The summed E-state index contributed by atoms with van der Waals surface area (Å²) in [5.41, 5.74) is 9.61. The average Bonchev–Trinajstić information content (AvgIpc) is 2.40. The van der Waals surface area contributed by atoms with E-state index in [4.69, 9.17) is 5.73 Å². The molecule has 0 saturated heterocycles. The van der Waals surface area contributed by atoms with Crippen LogP contribution in [0.3, 0.4) is 0 Å². The summed E-state index contributed by atoms with van der Waals surface area (Å²) in [6, 6.07) is 7.81. The lowest BCUT2D eigenvalue weighted by molar-refractivity contribution is 0.716. The summed E-state index contributed by atoms with van der Waals surface area (Å²) in [7, 11) is 0. The first-order valence-corrected chi connectivity index (χ1v) is 6.47. The highest BCUT2D eigenvalue weighted by atomic mass is 14.8. The molecule has 0 aliphatic carbocycles. The van der Waals surface area contributed by atoms with E-state index in [1.165, 1.54) is 24.8 Å². The third-order valence-corrected chi connectivity index (χ3v) is 3.00. The van der Waals surface area contributed by atoms with Gasteiger partial charge in [0.15, 0.2) is 0 Å². The molecule has 0 aliphatic rings. The molecule has 18 heavy (non-hydrogen) atoms. The Kier molecular flexibility index (Phi) is 4.29. The number of rotatable bonds is 5. The SMILES string of the molecule is CCCCCc1cccnc1-c1ncccc1N. The maximum Gasteiger partial charge on any atom is 0.112 e. The molecule has 2 N–H and O–H groups in total. The van der Waals surface area contributed by atoms with Crippen LogP contribution in [0.4, 0.5) is 5.69 Å². The van der Waals surface area contributed by atoms with Gasteiger partial charge in [0, 0.05) is 12.4 Å². The van der Waals surface area contributed by atoms with Crippen molar-refractivity contribution >= 4 is 5.69 Å². The lowest BCUT2D eigenvalue weighted by Crippen LogP contribution is -1.99. The van der Waals surface area contributed by atoms with E-state index in [9.17, 15) is 0 Å². The summed E-state index contributed by atoms with van der Waals surface area (Å²) in [4.78, 5) is 8.80. The molecule has 0 atom stereocenters. The minimum Gasteiger partial charge on any atom is -0.397 e. The van der Waals surface area contributed by atoms with Crippen molar-refractivity contribution in [3.8, 4) is 11.4 Å². The van der Waals surface area contributed by atoms with Gasteiger partial charge in [0.1, 0.15) is 5.69 Å². The lowest BCUT2D eigenvalue weighted by Gasteiger charge is -2.09. The van der Waals surface area contributed by atoms with Crippen LogP contribution in [0.15, 0.2) is 36.7 Å². The van der Waals surface area contributed by atoms with E-state index in [1.807, 2.05) is 18.2 Å². The maximum atomic E-state index is 5.97. The molecule has 0 radical (unpaired) electrons. The normalized spacial score (nSPS) is 10.5. The van der Waals surface area contributed by atoms with Gasteiger partial charge in [-0.15, -0.1) is 0 Å². The molecule has 94 valence electrons. The van der Waals surface area contributed by atoms with E-state index in [-0.39, 0.29) is 0 Å². The smallest absolute Gasteiger partial charge is 0.112 e. The third kappa shape index (κ3) is 2.86. The number of nitrogens with two attached hydrogens (primary N) is 1. The van der Waals surface area contributed by atoms with Crippen LogP contribution in [0, 0.1) is 0 Å². The van der Waals surface area contributed by atoms with Gasteiger partial charge in [0.05, 0.1) is 11.4 Å². The highest BCUT2D eigenvalue weighted by molar-refractivity contribution is 5.71. The molecule has 0 bridgehead atoms. The molecule has 3 heteroatoms. The molecular formula is C15H19N3. The van der Waals surface area contributed by atoms with Crippen LogP contribution in [0.1, 0.15) is 31.7 Å². The first-order chi connectivity index (χ1) is 8.83.